The third-order valence-electron chi connectivity index (χ3n) is 6.18. The molecule has 6 nitrogen and oxygen atoms in total. The third-order valence-corrected chi connectivity index (χ3v) is 6.98. The van der Waals surface area contributed by atoms with Crippen LogP contribution in [0.2, 0.25) is 15.1 Å². The maximum atomic E-state index is 13.6. The van der Waals surface area contributed by atoms with Gasteiger partial charge in [0, 0.05) is 45.2 Å². The van der Waals surface area contributed by atoms with E-state index in [0.29, 0.717) is 61.7 Å². The Bertz CT molecular complexity index is 1560. The quantitative estimate of drug-likeness (QED) is 0.266. The number of carbonyl (C=O) groups excluding carboxylic acids is 1. The van der Waals surface area contributed by atoms with Gasteiger partial charge in [-0.2, -0.15) is 0 Å². The number of amides is 2. The monoisotopic (exact) mass is 556 g/mol. The molecule has 0 fully saturated rings. The SMILES string of the molecule is CCN(C(N)=O)c1c(C)c(=O)n(CC(C)C)c2nc(-c3ccc(Cl)cc3Cl)c(-c3ccc(Cl)cc3)cc12. The van der Waals surface area contributed by atoms with Crippen molar-refractivity contribution < 1.29 is 4.79 Å². The molecule has 37 heavy (non-hydrogen) atoms. The molecular formula is C28H27Cl3N4O2. The van der Waals surface area contributed by atoms with Gasteiger partial charge in [-0.25, -0.2) is 9.78 Å². The molecule has 2 N–H and O–H groups in total. The number of carbonyl (C=O) groups is 1. The van der Waals surface area contributed by atoms with E-state index in [1.807, 2.05) is 39.0 Å². The Kier molecular flexibility index (Phi) is 7.83. The summed E-state index contributed by atoms with van der Waals surface area (Å²) >= 11 is 19.0. The van der Waals surface area contributed by atoms with Crippen molar-refractivity contribution in [1.82, 2.24) is 9.55 Å². The van der Waals surface area contributed by atoms with Crippen LogP contribution in [0.4, 0.5) is 10.5 Å². The fraction of sp³-hybridized carbons (Fsp3) is 0.250. The summed E-state index contributed by atoms with van der Waals surface area (Å²) in [5.74, 6) is 0.171. The smallest absolute Gasteiger partial charge is 0.319 e. The Morgan fingerprint density at radius 3 is 2.24 bits per heavy atom. The van der Waals surface area contributed by atoms with Crippen LogP contribution in [0, 0.1) is 12.8 Å². The van der Waals surface area contributed by atoms with E-state index in [9.17, 15) is 9.59 Å². The number of urea groups is 1. The molecule has 0 aliphatic heterocycles. The van der Waals surface area contributed by atoms with Crippen LogP contribution in [-0.2, 0) is 6.54 Å². The molecule has 9 heteroatoms. The first-order valence-corrected chi connectivity index (χ1v) is 13.0. The van der Waals surface area contributed by atoms with Gasteiger partial charge < -0.3 is 5.73 Å². The highest BCUT2D eigenvalue weighted by molar-refractivity contribution is 6.36. The molecule has 0 saturated heterocycles. The van der Waals surface area contributed by atoms with Gasteiger partial charge in [0.1, 0.15) is 5.65 Å². The number of nitrogens with two attached hydrogens (primary N) is 1. The van der Waals surface area contributed by atoms with Crippen LogP contribution in [-0.4, -0.2) is 22.1 Å². The van der Waals surface area contributed by atoms with Gasteiger partial charge in [-0.1, -0.05) is 60.8 Å². The lowest BCUT2D eigenvalue weighted by Gasteiger charge is -2.25. The van der Waals surface area contributed by atoms with Gasteiger partial charge in [0.05, 0.1) is 16.4 Å². The zero-order valence-corrected chi connectivity index (χ0v) is 23.2. The first kappa shape index (κ1) is 27.0. The molecule has 2 heterocycles. The lowest BCUT2D eigenvalue weighted by atomic mass is 9.96. The minimum absolute atomic E-state index is 0.171. The predicted molar refractivity (Wildman–Crippen MR) is 154 cm³/mol. The summed E-state index contributed by atoms with van der Waals surface area (Å²) in [7, 11) is 0. The number of fused-ring (bicyclic) bond motifs is 1. The van der Waals surface area contributed by atoms with Gasteiger partial charge in [-0.15, -0.1) is 0 Å². The molecule has 192 valence electrons. The molecule has 4 rings (SSSR count). The second-order valence-corrected chi connectivity index (χ2v) is 10.5. The van der Waals surface area contributed by atoms with E-state index in [1.165, 1.54) is 4.90 Å². The van der Waals surface area contributed by atoms with Crippen LogP contribution in [0.5, 0.6) is 0 Å². The van der Waals surface area contributed by atoms with Crippen molar-refractivity contribution >= 4 is 57.6 Å². The normalized spacial score (nSPS) is 11.4. The van der Waals surface area contributed by atoms with Gasteiger partial charge in [0.2, 0.25) is 0 Å². The highest BCUT2D eigenvalue weighted by atomic mass is 35.5. The summed E-state index contributed by atoms with van der Waals surface area (Å²) in [5, 5.41) is 2.15. The average molecular weight is 558 g/mol. The van der Waals surface area contributed by atoms with Gasteiger partial charge >= 0.3 is 6.03 Å². The number of hydrogen-bond acceptors (Lipinski definition) is 3. The molecule has 0 atom stereocenters. The highest BCUT2D eigenvalue weighted by Gasteiger charge is 2.25. The molecule has 0 unspecified atom stereocenters. The molecule has 0 saturated carbocycles. The summed E-state index contributed by atoms with van der Waals surface area (Å²) in [5.41, 5.74) is 9.66. The number of anilines is 1. The van der Waals surface area contributed by atoms with Crippen LogP contribution in [0.1, 0.15) is 26.3 Å². The summed E-state index contributed by atoms with van der Waals surface area (Å²) in [4.78, 5) is 32.5. The highest BCUT2D eigenvalue weighted by Crippen LogP contribution is 2.40. The molecule has 2 aromatic heterocycles. The second-order valence-electron chi connectivity index (χ2n) is 9.25. The van der Waals surface area contributed by atoms with Crippen LogP contribution >= 0.6 is 34.8 Å². The fourth-order valence-electron chi connectivity index (χ4n) is 4.53. The zero-order chi connectivity index (χ0) is 27.0. The summed E-state index contributed by atoms with van der Waals surface area (Å²) in [6, 6.07) is 13.9. The van der Waals surface area contributed by atoms with E-state index in [-0.39, 0.29) is 11.5 Å². The first-order valence-electron chi connectivity index (χ1n) is 11.9. The van der Waals surface area contributed by atoms with Crippen LogP contribution in [0.3, 0.4) is 0 Å². The summed E-state index contributed by atoms with van der Waals surface area (Å²) < 4.78 is 1.66. The number of rotatable bonds is 6. The number of primary amides is 1. The van der Waals surface area contributed by atoms with Crippen LogP contribution < -0.4 is 16.2 Å². The molecule has 0 spiro atoms. The average Bonchev–Trinajstić information content (AvgIpc) is 2.84. The predicted octanol–water partition coefficient (Wildman–Crippen LogP) is 7.56. The Morgan fingerprint density at radius 1 is 1.03 bits per heavy atom. The first-order chi connectivity index (χ1) is 17.5. The fourth-order valence-corrected chi connectivity index (χ4v) is 5.15. The van der Waals surface area contributed by atoms with E-state index < -0.39 is 6.03 Å². The van der Waals surface area contributed by atoms with Crippen molar-refractivity contribution in [2.75, 3.05) is 11.4 Å². The van der Waals surface area contributed by atoms with Crippen molar-refractivity contribution in [2.24, 2.45) is 11.7 Å². The summed E-state index contributed by atoms with van der Waals surface area (Å²) in [6.07, 6.45) is 0. The molecule has 0 radical (unpaired) electrons. The molecular weight excluding hydrogens is 531 g/mol. The molecule has 2 amide bonds. The van der Waals surface area contributed by atoms with Gasteiger partial charge in [-0.05, 0) is 61.7 Å². The van der Waals surface area contributed by atoms with Crippen LogP contribution in [0.25, 0.3) is 33.4 Å². The number of halogens is 3. The van der Waals surface area contributed by atoms with E-state index in [1.54, 1.807) is 41.8 Å². The minimum atomic E-state index is -0.647. The topological polar surface area (TPSA) is 81.2 Å². The Labute approximate surface area is 230 Å². The van der Waals surface area contributed by atoms with Crippen molar-refractivity contribution in [3.05, 3.63) is 79.5 Å². The van der Waals surface area contributed by atoms with Crippen molar-refractivity contribution in [3.8, 4) is 22.4 Å². The maximum absolute atomic E-state index is 13.6. The molecule has 0 bridgehead atoms. The number of benzene rings is 2. The van der Waals surface area contributed by atoms with E-state index >= 15 is 0 Å². The van der Waals surface area contributed by atoms with E-state index in [2.05, 4.69) is 0 Å². The molecule has 2 aromatic carbocycles. The third kappa shape index (κ3) is 5.19. The van der Waals surface area contributed by atoms with Gasteiger partial charge in [0.25, 0.3) is 5.56 Å². The largest absolute Gasteiger partial charge is 0.351 e. The van der Waals surface area contributed by atoms with Crippen molar-refractivity contribution in [1.29, 1.82) is 0 Å². The summed E-state index contributed by atoms with van der Waals surface area (Å²) in [6.45, 7) is 8.32. The standard InChI is InChI=1S/C28H27Cl3N4O2/c1-5-34(28(32)37)25-16(4)27(36)35(14-15(2)3)26-22(25)13-21(17-6-8-18(29)9-7-17)24(33-26)20-11-10-19(30)12-23(20)31/h6-13,15H,5,14H2,1-4H3,(H2,32,37). The number of pyridine rings is 2. The van der Waals surface area contributed by atoms with E-state index in [0.717, 1.165) is 11.1 Å². The number of hydrogen-bond donors (Lipinski definition) is 1. The molecule has 4 aromatic rings. The lowest BCUT2D eigenvalue weighted by Crippen LogP contribution is -2.38. The maximum Gasteiger partial charge on any atom is 0.319 e. The second kappa shape index (κ2) is 10.7. The van der Waals surface area contributed by atoms with Gasteiger partial charge in [0.15, 0.2) is 0 Å². The molecule has 0 aliphatic rings. The Hall–Kier alpha value is -3.06. The van der Waals surface area contributed by atoms with Crippen molar-refractivity contribution in [2.45, 2.75) is 34.2 Å². The Balaban J connectivity index is 2.22. The van der Waals surface area contributed by atoms with Crippen LogP contribution in [0.15, 0.2) is 53.3 Å². The van der Waals surface area contributed by atoms with Gasteiger partial charge in [-0.3, -0.25) is 14.3 Å². The Morgan fingerprint density at radius 2 is 1.68 bits per heavy atom. The lowest BCUT2D eigenvalue weighted by molar-refractivity contribution is 0.254. The molecule has 0 aliphatic carbocycles. The minimum Gasteiger partial charge on any atom is -0.351 e. The number of aromatic nitrogens is 2. The number of nitrogens with zero attached hydrogens (tertiary/aromatic N) is 3. The van der Waals surface area contributed by atoms with E-state index in [4.69, 9.17) is 45.5 Å². The zero-order valence-electron chi connectivity index (χ0n) is 21.0. The van der Waals surface area contributed by atoms with Crippen molar-refractivity contribution in [3.63, 3.8) is 0 Å².